The van der Waals surface area contributed by atoms with E-state index in [1.165, 1.54) is 7.11 Å². The smallest absolute Gasteiger partial charge is 0.255 e. The van der Waals surface area contributed by atoms with Crippen LogP contribution < -0.4 is 15.8 Å². The van der Waals surface area contributed by atoms with Crippen LogP contribution in [0.1, 0.15) is 36.0 Å². The average molecular weight is 264 g/mol. The second-order valence-electron chi connectivity index (χ2n) is 4.94. The van der Waals surface area contributed by atoms with Crippen LogP contribution in [0.5, 0.6) is 5.75 Å². The van der Waals surface area contributed by atoms with E-state index in [1.807, 2.05) is 0 Å². The second kappa shape index (κ2) is 5.93. The summed E-state index contributed by atoms with van der Waals surface area (Å²) < 4.78 is 5.17. The van der Waals surface area contributed by atoms with Gasteiger partial charge in [-0.2, -0.15) is 0 Å². The molecule has 0 unspecified atom stereocenters. The van der Waals surface area contributed by atoms with Crippen LogP contribution in [0.2, 0.25) is 0 Å². The minimum absolute atomic E-state index is 0.123. The molecular weight excluding hydrogens is 244 g/mol. The summed E-state index contributed by atoms with van der Waals surface area (Å²) >= 11 is 0. The van der Waals surface area contributed by atoms with E-state index in [0.717, 1.165) is 25.7 Å². The Bertz CT molecular complexity index is 454. The molecule has 1 aliphatic rings. The van der Waals surface area contributed by atoms with Gasteiger partial charge >= 0.3 is 0 Å². The Hall–Kier alpha value is -1.75. The van der Waals surface area contributed by atoms with E-state index >= 15 is 0 Å². The van der Waals surface area contributed by atoms with Crippen molar-refractivity contribution in [1.82, 2.24) is 5.32 Å². The largest absolute Gasteiger partial charge is 0.496 e. The minimum Gasteiger partial charge on any atom is -0.496 e. The number of anilines is 1. The number of aliphatic hydroxyl groups is 1. The van der Waals surface area contributed by atoms with Crippen LogP contribution >= 0.6 is 0 Å². The highest BCUT2D eigenvalue weighted by Crippen LogP contribution is 2.23. The van der Waals surface area contributed by atoms with Crippen molar-refractivity contribution < 1.29 is 14.6 Å². The number of nitrogens with two attached hydrogens (primary N) is 1. The molecule has 0 aliphatic heterocycles. The van der Waals surface area contributed by atoms with Crippen molar-refractivity contribution in [3.8, 4) is 5.75 Å². The third-order valence-electron chi connectivity index (χ3n) is 3.50. The quantitative estimate of drug-likeness (QED) is 0.719. The molecule has 0 saturated heterocycles. The summed E-state index contributed by atoms with van der Waals surface area (Å²) in [7, 11) is 1.52. The zero-order valence-electron chi connectivity index (χ0n) is 11.1. The lowest BCUT2D eigenvalue weighted by atomic mass is 9.93. The van der Waals surface area contributed by atoms with Crippen molar-refractivity contribution in [3.05, 3.63) is 23.8 Å². The highest BCUT2D eigenvalue weighted by molar-refractivity contribution is 5.97. The molecule has 19 heavy (non-hydrogen) atoms. The van der Waals surface area contributed by atoms with Crippen molar-refractivity contribution in [2.24, 2.45) is 0 Å². The molecule has 0 atom stereocenters. The average Bonchev–Trinajstić information content (AvgIpc) is 2.41. The van der Waals surface area contributed by atoms with E-state index in [2.05, 4.69) is 5.32 Å². The number of hydrogen-bond donors (Lipinski definition) is 3. The summed E-state index contributed by atoms with van der Waals surface area (Å²) in [6.07, 6.45) is 2.88. The van der Waals surface area contributed by atoms with E-state index in [9.17, 15) is 9.90 Å². The molecule has 1 aromatic carbocycles. The second-order valence-corrected chi connectivity index (χ2v) is 4.94. The van der Waals surface area contributed by atoms with Gasteiger partial charge in [-0.3, -0.25) is 4.79 Å². The molecule has 5 nitrogen and oxygen atoms in total. The molecule has 4 N–H and O–H groups in total. The van der Waals surface area contributed by atoms with E-state index in [1.54, 1.807) is 18.2 Å². The van der Waals surface area contributed by atoms with Gasteiger partial charge in [-0.15, -0.1) is 0 Å². The summed E-state index contributed by atoms with van der Waals surface area (Å²) in [5, 5.41) is 12.4. The maximum atomic E-state index is 12.2. The van der Waals surface area contributed by atoms with Gasteiger partial charge in [-0.05, 0) is 37.8 Å². The maximum Gasteiger partial charge on any atom is 0.255 e. The minimum atomic E-state index is -0.223. The van der Waals surface area contributed by atoms with E-state index in [-0.39, 0.29) is 18.1 Å². The van der Waals surface area contributed by atoms with Crippen molar-refractivity contribution >= 4 is 11.6 Å². The van der Waals surface area contributed by atoms with Gasteiger partial charge in [0.05, 0.1) is 18.8 Å². The monoisotopic (exact) mass is 264 g/mol. The molecule has 0 spiro atoms. The molecule has 104 valence electrons. The summed E-state index contributed by atoms with van der Waals surface area (Å²) in [5.41, 5.74) is 6.72. The standard InChI is InChI=1S/C14H20N2O3/c1-19-13-8-9(15)2-7-12(13)14(18)16-10-3-5-11(17)6-4-10/h2,7-8,10-11,17H,3-6,15H2,1H3,(H,16,18). The molecule has 0 aromatic heterocycles. The number of benzene rings is 1. The molecule has 0 bridgehead atoms. The molecule has 0 heterocycles. The number of carbonyl (C=O) groups excluding carboxylic acids is 1. The fourth-order valence-electron chi connectivity index (χ4n) is 2.38. The van der Waals surface area contributed by atoms with Gasteiger partial charge in [-0.25, -0.2) is 0 Å². The van der Waals surface area contributed by atoms with Crippen LogP contribution in [0, 0.1) is 0 Å². The molecule has 2 rings (SSSR count). The van der Waals surface area contributed by atoms with Crippen LogP contribution in [0.25, 0.3) is 0 Å². The zero-order valence-corrected chi connectivity index (χ0v) is 11.1. The van der Waals surface area contributed by atoms with Crippen molar-refractivity contribution in [2.75, 3.05) is 12.8 Å². The third-order valence-corrected chi connectivity index (χ3v) is 3.50. The SMILES string of the molecule is COc1cc(N)ccc1C(=O)NC1CCC(O)CC1. The Morgan fingerprint density at radius 2 is 2.05 bits per heavy atom. The maximum absolute atomic E-state index is 12.2. The normalized spacial score (nSPS) is 22.8. The molecule has 0 radical (unpaired) electrons. The summed E-state index contributed by atoms with van der Waals surface area (Å²) in [6.45, 7) is 0. The number of nitrogens with one attached hydrogen (secondary N) is 1. The van der Waals surface area contributed by atoms with E-state index in [4.69, 9.17) is 10.5 Å². The van der Waals surface area contributed by atoms with Crippen LogP contribution in [0.15, 0.2) is 18.2 Å². The topological polar surface area (TPSA) is 84.6 Å². The molecule has 5 heteroatoms. The highest BCUT2D eigenvalue weighted by Gasteiger charge is 2.22. The number of ether oxygens (including phenoxy) is 1. The van der Waals surface area contributed by atoms with Gasteiger partial charge in [0.2, 0.25) is 0 Å². The van der Waals surface area contributed by atoms with Gasteiger partial charge < -0.3 is 20.9 Å². The molecular formula is C14H20N2O3. The Morgan fingerprint density at radius 1 is 1.37 bits per heavy atom. The third kappa shape index (κ3) is 3.38. The number of hydrogen-bond acceptors (Lipinski definition) is 4. The molecule has 1 aliphatic carbocycles. The Balaban J connectivity index is 2.03. The van der Waals surface area contributed by atoms with Gasteiger partial charge in [0.25, 0.3) is 5.91 Å². The van der Waals surface area contributed by atoms with Crippen molar-refractivity contribution in [1.29, 1.82) is 0 Å². The summed E-state index contributed by atoms with van der Waals surface area (Å²) in [6, 6.07) is 5.11. The zero-order chi connectivity index (χ0) is 13.8. The number of methoxy groups -OCH3 is 1. The first-order chi connectivity index (χ1) is 9.10. The number of aliphatic hydroxyl groups excluding tert-OH is 1. The predicted octanol–water partition coefficient (Wildman–Crippen LogP) is 1.31. The number of nitrogen functional groups attached to an aromatic ring is 1. The van der Waals surface area contributed by atoms with Gasteiger partial charge in [-0.1, -0.05) is 0 Å². The summed E-state index contributed by atoms with van der Waals surface area (Å²) in [4.78, 5) is 12.2. The highest BCUT2D eigenvalue weighted by atomic mass is 16.5. The van der Waals surface area contributed by atoms with Crippen LogP contribution in [-0.2, 0) is 0 Å². The summed E-state index contributed by atoms with van der Waals surface area (Å²) in [5.74, 6) is 0.326. The van der Waals surface area contributed by atoms with Gasteiger partial charge in [0.15, 0.2) is 0 Å². The number of rotatable bonds is 3. The van der Waals surface area contributed by atoms with Crippen LogP contribution in [-0.4, -0.2) is 30.3 Å². The van der Waals surface area contributed by atoms with Crippen molar-refractivity contribution in [2.45, 2.75) is 37.8 Å². The first kappa shape index (κ1) is 13.7. The first-order valence-corrected chi connectivity index (χ1v) is 6.52. The predicted molar refractivity (Wildman–Crippen MR) is 73.1 cm³/mol. The Kier molecular flexibility index (Phi) is 4.27. The first-order valence-electron chi connectivity index (χ1n) is 6.52. The Morgan fingerprint density at radius 3 is 2.68 bits per heavy atom. The number of amides is 1. The molecule has 1 saturated carbocycles. The van der Waals surface area contributed by atoms with E-state index < -0.39 is 0 Å². The fraction of sp³-hybridized carbons (Fsp3) is 0.500. The Labute approximate surface area is 112 Å². The molecule has 1 fully saturated rings. The molecule has 1 amide bonds. The van der Waals surface area contributed by atoms with Crippen LogP contribution in [0.4, 0.5) is 5.69 Å². The van der Waals surface area contributed by atoms with E-state index in [0.29, 0.717) is 17.0 Å². The van der Waals surface area contributed by atoms with Gasteiger partial charge in [0, 0.05) is 17.8 Å². The van der Waals surface area contributed by atoms with Crippen molar-refractivity contribution in [3.63, 3.8) is 0 Å². The fourth-order valence-corrected chi connectivity index (χ4v) is 2.38. The number of carbonyl (C=O) groups is 1. The lowest BCUT2D eigenvalue weighted by Crippen LogP contribution is -2.38. The lowest BCUT2D eigenvalue weighted by molar-refractivity contribution is 0.0865. The molecule has 1 aromatic rings. The lowest BCUT2D eigenvalue weighted by Gasteiger charge is -2.26. The van der Waals surface area contributed by atoms with Gasteiger partial charge in [0.1, 0.15) is 5.75 Å². The van der Waals surface area contributed by atoms with Crippen LogP contribution in [0.3, 0.4) is 0 Å².